The average molecular weight is 727 g/mol. The summed E-state index contributed by atoms with van der Waals surface area (Å²) in [5, 5.41) is 44.2. The average Bonchev–Trinajstić information content (AvgIpc) is 3.11. The number of aliphatic hydroxyl groups excluding tert-OH is 4. The van der Waals surface area contributed by atoms with Gasteiger partial charge in [0.15, 0.2) is 12.1 Å². The summed E-state index contributed by atoms with van der Waals surface area (Å²) < 4.78 is 18.6. The Balaban J connectivity index is 2.08. The van der Waals surface area contributed by atoms with Gasteiger partial charge >= 0.3 is 5.97 Å². The number of carbonyl (C=O) groups excluding carboxylic acids is 2. The van der Waals surface area contributed by atoms with Gasteiger partial charge in [0.1, 0.15) is 12.2 Å². The zero-order valence-corrected chi connectivity index (χ0v) is 32.0. The van der Waals surface area contributed by atoms with Crippen LogP contribution in [0.4, 0.5) is 0 Å². The van der Waals surface area contributed by atoms with Crippen LogP contribution in [0, 0.1) is 36.0 Å². The Labute approximate surface area is 310 Å². The maximum absolute atomic E-state index is 13.6. The number of ether oxygens (including phenoxy) is 3. The van der Waals surface area contributed by atoms with Crippen molar-refractivity contribution in [1.82, 2.24) is 9.80 Å². The number of esters is 1. The molecule has 2 aliphatic heterocycles. The summed E-state index contributed by atoms with van der Waals surface area (Å²) in [6.45, 7) is 10.3. The number of cyclic esters (lactones) is 1. The van der Waals surface area contributed by atoms with Gasteiger partial charge in [-0.3, -0.25) is 14.5 Å². The molecule has 0 aromatic heterocycles. The first-order valence-corrected chi connectivity index (χ1v) is 18.6. The van der Waals surface area contributed by atoms with E-state index in [1.54, 1.807) is 45.0 Å². The number of benzene rings is 1. The molecule has 4 N–H and O–H groups in total. The fourth-order valence-electron chi connectivity index (χ4n) is 7.39. The van der Waals surface area contributed by atoms with E-state index in [9.17, 15) is 30.0 Å². The number of allylic oxidation sites excluding steroid dienone is 3. The van der Waals surface area contributed by atoms with Crippen molar-refractivity contribution in [3.05, 3.63) is 59.7 Å². The van der Waals surface area contributed by atoms with Crippen LogP contribution in [0.5, 0.6) is 0 Å². The predicted octanol–water partition coefficient (Wildman–Crippen LogP) is 3.34. The van der Waals surface area contributed by atoms with Crippen molar-refractivity contribution in [2.45, 2.75) is 116 Å². The second-order valence-electron chi connectivity index (χ2n) is 14.9. The molecule has 0 bridgehead atoms. The summed E-state index contributed by atoms with van der Waals surface area (Å²) in [6, 6.07) is 9.28. The van der Waals surface area contributed by atoms with Gasteiger partial charge in [0.05, 0.1) is 50.0 Å². The van der Waals surface area contributed by atoms with Gasteiger partial charge in [0, 0.05) is 24.3 Å². The van der Waals surface area contributed by atoms with Gasteiger partial charge < -0.3 is 39.5 Å². The molecular weight excluding hydrogens is 664 g/mol. The molecule has 11 heteroatoms. The van der Waals surface area contributed by atoms with E-state index in [0.717, 1.165) is 11.1 Å². The SMILES string of the molecule is C#CCN(CC[C@H]1C[C@@H](C)C(=O)/C=C/C(C)=C/[C@H](CO)[C@@H](CC)OC(=O)C[C@@H](O)[C@H](C)[C@H]1O[C@H]1O[C@@H](C)[C@H](O)[C@@H](N(C)C)[C@@H]1O)Cc1ccccc1. The lowest BCUT2D eigenvalue weighted by Crippen LogP contribution is -2.63. The summed E-state index contributed by atoms with van der Waals surface area (Å²) in [4.78, 5) is 30.8. The quantitative estimate of drug-likeness (QED) is 0.197. The molecule has 2 aliphatic rings. The molecule has 52 heavy (non-hydrogen) atoms. The Morgan fingerprint density at radius 2 is 1.73 bits per heavy atom. The molecule has 0 unspecified atom stereocenters. The van der Waals surface area contributed by atoms with Crippen molar-refractivity contribution >= 4 is 11.8 Å². The third kappa shape index (κ3) is 12.3. The number of nitrogens with zero attached hydrogens (tertiary/aromatic N) is 2. The number of hydrogen-bond acceptors (Lipinski definition) is 11. The molecule has 1 aromatic carbocycles. The number of ketones is 1. The first-order chi connectivity index (χ1) is 24.7. The van der Waals surface area contributed by atoms with E-state index in [4.69, 9.17) is 20.6 Å². The Bertz CT molecular complexity index is 1360. The largest absolute Gasteiger partial charge is 0.462 e. The Morgan fingerprint density at radius 1 is 1.04 bits per heavy atom. The normalized spacial score (nSPS) is 35.8. The molecule has 0 radical (unpaired) electrons. The van der Waals surface area contributed by atoms with Crippen LogP contribution < -0.4 is 0 Å². The zero-order chi connectivity index (χ0) is 38.5. The third-order valence-electron chi connectivity index (χ3n) is 10.5. The molecule has 2 heterocycles. The van der Waals surface area contributed by atoms with Crippen molar-refractivity contribution in [3.63, 3.8) is 0 Å². The van der Waals surface area contributed by atoms with Gasteiger partial charge in [0.25, 0.3) is 0 Å². The highest BCUT2D eigenvalue weighted by atomic mass is 16.7. The van der Waals surface area contributed by atoms with Crippen molar-refractivity contribution < 1.29 is 44.2 Å². The molecule has 11 nitrogen and oxygen atoms in total. The van der Waals surface area contributed by atoms with Gasteiger partial charge in [-0.15, -0.1) is 6.42 Å². The van der Waals surface area contributed by atoms with E-state index in [-0.39, 0.29) is 24.7 Å². The van der Waals surface area contributed by atoms with Gasteiger partial charge in [-0.1, -0.05) is 74.7 Å². The van der Waals surface area contributed by atoms with Gasteiger partial charge in [-0.05, 0) is 71.3 Å². The highest BCUT2D eigenvalue weighted by Crippen LogP contribution is 2.35. The lowest BCUT2D eigenvalue weighted by Gasteiger charge is -2.46. The van der Waals surface area contributed by atoms with Crippen molar-refractivity contribution in [1.29, 1.82) is 0 Å². The fraction of sp³-hybridized carbons (Fsp3) is 0.659. The number of rotatable bonds is 11. The fourth-order valence-corrected chi connectivity index (χ4v) is 7.39. The number of carbonyl (C=O) groups is 2. The molecule has 0 spiro atoms. The van der Waals surface area contributed by atoms with Gasteiger partial charge in [-0.2, -0.15) is 0 Å². The zero-order valence-electron chi connectivity index (χ0n) is 32.0. The predicted molar refractivity (Wildman–Crippen MR) is 200 cm³/mol. The summed E-state index contributed by atoms with van der Waals surface area (Å²) in [5.41, 5.74) is 1.84. The van der Waals surface area contributed by atoms with Crippen LogP contribution in [0.25, 0.3) is 0 Å². The van der Waals surface area contributed by atoms with Gasteiger partial charge in [0.2, 0.25) is 0 Å². The summed E-state index contributed by atoms with van der Waals surface area (Å²) >= 11 is 0. The van der Waals surface area contributed by atoms with Crippen molar-refractivity contribution in [2.24, 2.45) is 23.7 Å². The number of terminal acetylenes is 1. The van der Waals surface area contributed by atoms with Crippen LogP contribution in [0.15, 0.2) is 54.1 Å². The maximum atomic E-state index is 13.6. The second kappa shape index (κ2) is 21.1. The summed E-state index contributed by atoms with van der Waals surface area (Å²) in [5.74, 6) is 0.0335. The first-order valence-electron chi connectivity index (χ1n) is 18.6. The standard InChI is InChI=1S/C41H62N2O9/c1-9-19-43(24-30-14-12-11-13-15-30)20-18-31-22-27(4)33(45)17-16-26(3)21-32(25-44)35(10-2)51-36(47)23-34(46)28(5)40(31)52-41-39(49)37(42(7)8)38(48)29(6)50-41/h1,11-17,21,27-29,31-32,34-35,37-41,44,46,48-49H,10,18-20,22-25H2,2-8H3/b17-16+,26-21+/t27-,28+,29+,31+,32-,34-,35-,37-,38+,39+,40-,41-/m1/s1. The lowest BCUT2D eigenvalue weighted by molar-refractivity contribution is -0.304. The molecule has 0 aliphatic carbocycles. The topological polar surface area (TPSA) is 149 Å². The third-order valence-corrected chi connectivity index (χ3v) is 10.5. The lowest BCUT2D eigenvalue weighted by atomic mass is 9.79. The molecule has 0 saturated carbocycles. The van der Waals surface area contributed by atoms with E-state index in [0.29, 0.717) is 38.9 Å². The van der Waals surface area contributed by atoms with Gasteiger partial charge in [-0.25, -0.2) is 0 Å². The molecular formula is C41H62N2O9. The summed E-state index contributed by atoms with van der Waals surface area (Å²) in [6.07, 6.45) is 5.07. The molecule has 290 valence electrons. The molecule has 12 atom stereocenters. The number of aliphatic hydroxyl groups is 4. The van der Waals surface area contributed by atoms with Crippen molar-refractivity contribution in [2.75, 3.05) is 33.8 Å². The monoisotopic (exact) mass is 726 g/mol. The Hall–Kier alpha value is -2.92. The molecule has 1 saturated heterocycles. The molecule has 1 fully saturated rings. The maximum Gasteiger partial charge on any atom is 0.308 e. The van der Waals surface area contributed by atoms with Crippen LogP contribution in [-0.4, -0.2) is 125 Å². The Kier molecular flexibility index (Phi) is 17.6. The second-order valence-corrected chi connectivity index (χ2v) is 14.9. The minimum atomic E-state index is -1.25. The van der Waals surface area contributed by atoms with Crippen LogP contribution in [0.1, 0.15) is 65.9 Å². The van der Waals surface area contributed by atoms with E-state index in [1.165, 1.54) is 6.08 Å². The van der Waals surface area contributed by atoms with Crippen molar-refractivity contribution in [3.8, 4) is 12.3 Å². The van der Waals surface area contributed by atoms with E-state index in [2.05, 4.69) is 10.8 Å². The minimum absolute atomic E-state index is 0.0982. The van der Waals surface area contributed by atoms with Crippen LogP contribution in [-0.2, 0) is 30.3 Å². The molecule has 0 amide bonds. The summed E-state index contributed by atoms with van der Waals surface area (Å²) in [7, 11) is 3.52. The highest BCUT2D eigenvalue weighted by Gasteiger charge is 2.47. The Morgan fingerprint density at radius 3 is 2.35 bits per heavy atom. The van der Waals surface area contributed by atoms with E-state index < -0.39 is 72.7 Å². The first kappa shape index (κ1) is 43.5. The number of likely N-dealkylation sites (N-methyl/N-ethyl adjacent to an activating group) is 1. The molecule has 1 aromatic rings. The highest BCUT2D eigenvalue weighted by molar-refractivity contribution is 5.91. The smallest absolute Gasteiger partial charge is 0.308 e. The number of hydrogen-bond donors (Lipinski definition) is 4. The molecule has 3 rings (SSSR count). The van der Waals surface area contributed by atoms with Crippen LogP contribution in [0.2, 0.25) is 0 Å². The van der Waals surface area contributed by atoms with Crippen LogP contribution in [0.3, 0.4) is 0 Å². The van der Waals surface area contributed by atoms with Crippen LogP contribution >= 0.6 is 0 Å². The van der Waals surface area contributed by atoms with E-state index in [1.807, 2.05) is 51.1 Å². The van der Waals surface area contributed by atoms with E-state index >= 15 is 0 Å². The minimum Gasteiger partial charge on any atom is -0.462 e.